The minimum atomic E-state index is -3.58. The van der Waals surface area contributed by atoms with Gasteiger partial charge < -0.3 is 10.0 Å². The molecule has 1 heterocycles. The largest absolute Gasteiger partial charge is 0.388 e. The molecule has 1 aliphatic rings. The predicted molar refractivity (Wildman–Crippen MR) is 113 cm³/mol. The highest BCUT2D eigenvalue weighted by atomic mass is 32.2. The number of carbonyl (C=O) groups excluding carboxylic acids is 1. The normalized spacial score (nSPS) is 16.3. The van der Waals surface area contributed by atoms with Crippen molar-refractivity contribution in [2.45, 2.75) is 11.3 Å². The maximum Gasteiger partial charge on any atom is 0.243 e. The van der Waals surface area contributed by atoms with E-state index in [-0.39, 0.29) is 4.90 Å². The molecule has 1 N–H and O–H groups in total. The van der Waals surface area contributed by atoms with Crippen LogP contribution < -0.4 is 0 Å². The number of hydrogen-bond donors (Lipinski definition) is 1. The van der Waals surface area contributed by atoms with E-state index >= 15 is 0 Å². The Hall–Kier alpha value is -2.32. The summed E-state index contributed by atoms with van der Waals surface area (Å²) in [4.78, 5) is 13.7. The fourth-order valence-electron chi connectivity index (χ4n) is 3.29. The Labute approximate surface area is 172 Å². The first kappa shape index (κ1) is 21.4. The van der Waals surface area contributed by atoms with Gasteiger partial charge in [-0.3, -0.25) is 4.79 Å². The molecule has 29 heavy (non-hydrogen) atoms. The summed E-state index contributed by atoms with van der Waals surface area (Å²) < 4.78 is 27.5. The maximum atomic E-state index is 13.0. The number of piperazine rings is 1. The lowest BCUT2D eigenvalue weighted by Crippen LogP contribution is -2.49. The van der Waals surface area contributed by atoms with Crippen molar-refractivity contribution in [1.82, 2.24) is 9.21 Å². The number of carbonyl (C=O) groups is 1. The standard InChI is InChI=1S/C22H26N2O4S/c25-18-21(26)10-9-20-7-4-8-22(17-20)29(27,28)24-15-13-23(14-16-24)12-11-19-5-2-1-3-6-19/h1-10,17,25H,11-16,18H2/b10-9+. The SMILES string of the molecule is O=C(/C=C/c1cccc(S(=O)(=O)N2CCN(CCc3ccccc3)CC2)c1)CO. The summed E-state index contributed by atoms with van der Waals surface area (Å²) in [5.74, 6) is -0.426. The van der Waals surface area contributed by atoms with Crippen molar-refractivity contribution < 1.29 is 18.3 Å². The van der Waals surface area contributed by atoms with Crippen molar-refractivity contribution in [3.8, 4) is 0 Å². The van der Waals surface area contributed by atoms with Crippen LogP contribution in [0.2, 0.25) is 0 Å². The van der Waals surface area contributed by atoms with Gasteiger partial charge in [-0.1, -0.05) is 48.5 Å². The van der Waals surface area contributed by atoms with Gasteiger partial charge in [-0.15, -0.1) is 0 Å². The molecule has 0 aliphatic carbocycles. The Balaban J connectivity index is 1.59. The van der Waals surface area contributed by atoms with E-state index < -0.39 is 22.4 Å². The molecular weight excluding hydrogens is 388 g/mol. The molecule has 3 rings (SSSR count). The van der Waals surface area contributed by atoms with E-state index in [1.54, 1.807) is 24.3 Å². The molecule has 2 aromatic rings. The van der Waals surface area contributed by atoms with Gasteiger partial charge in [0.2, 0.25) is 10.0 Å². The van der Waals surface area contributed by atoms with Gasteiger partial charge in [0, 0.05) is 32.7 Å². The van der Waals surface area contributed by atoms with Gasteiger partial charge in [0.25, 0.3) is 0 Å². The number of aliphatic hydroxyl groups excluding tert-OH is 1. The number of ketones is 1. The number of rotatable bonds is 8. The van der Waals surface area contributed by atoms with Crippen LogP contribution in [0.25, 0.3) is 6.08 Å². The first-order chi connectivity index (χ1) is 14.0. The maximum absolute atomic E-state index is 13.0. The summed E-state index contributed by atoms with van der Waals surface area (Å²) in [6.07, 6.45) is 3.71. The summed E-state index contributed by atoms with van der Waals surface area (Å²) in [7, 11) is -3.58. The van der Waals surface area contributed by atoms with E-state index in [1.807, 2.05) is 18.2 Å². The van der Waals surface area contributed by atoms with Crippen molar-refractivity contribution >= 4 is 21.9 Å². The molecule has 6 nitrogen and oxygen atoms in total. The molecule has 1 fully saturated rings. The molecule has 0 spiro atoms. The number of benzene rings is 2. The van der Waals surface area contributed by atoms with Crippen molar-refractivity contribution in [3.63, 3.8) is 0 Å². The van der Waals surface area contributed by atoms with E-state index in [0.29, 0.717) is 31.7 Å². The first-order valence-electron chi connectivity index (χ1n) is 9.67. The predicted octanol–water partition coefficient (Wildman–Crippen LogP) is 1.81. The van der Waals surface area contributed by atoms with Crippen LogP contribution in [0.15, 0.2) is 65.6 Å². The third kappa shape index (κ3) is 5.83. The van der Waals surface area contributed by atoms with Gasteiger partial charge >= 0.3 is 0 Å². The zero-order valence-corrected chi connectivity index (χ0v) is 17.1. The average Bonchev–Trinajstić information content (AvgIpc) is 2.77. The zero-order valence-electron chi connectivity index (χ0n) is 16.3. The Morgan fingerprint density at radius 1 is 1.00 bits per heavy atom. The number of hydrogen-bond acceptors (Lipinski definition) is 5. The van der Waals surface area contributed by atoms with Gasteiger partial charge in [0.15, 0.2) is 5.78 Å². The summed E-state index contributed by atoms with van der Waals surface area (Å²) in [5, 5.41) is 8.78. The van der Waals surface area contributed by atoms with Crippen LogP contribution in [-0.4, -0.2) is 67.8 Å². The molecule has 0 aromatic heterocycles. The topological polar surface area (TPSA) is 77.9 Å². The lowest BCUT2D eigenvalue weighted by atomic mass is 10.1. The van der Waals surface area contributed by atoms with Crippen molar-refractivity contribution in [2.75, 3.05) is 39.3 Å². The molecule has 0 unspecified atom stereocenters. The molecule has 1 aliphatic heterocycles. The molecule has 0 saturated carbocycles. The monoisotopic (exact) mass is 414 g/mol. The van der Waals surface area contributed by atoms with E-state index in [0.717, 1.165) is 13.0 Å². The molecule has 1 saturated heterocycles. The third-order valence-corrected chi connectivity index (χ3v) is 6.90. The van der Waals surface area contributed by atoms with E-state index in [9.17, 15) is 13.2 Å². The summed E-state index contributed by atoms with van der Waals surface area (Å²) in [6.45, 7) is 2.67. The van der Waals surface area contributed by atoms with Gasteiger partial charge in [0.05, 0.1) is 4.90 Å². The fraction of sp³-hybridized carbons (Fsp3) is 0.318. The summed E-state index contributed by atoms with van der Waals surface area (Å²) in [5.41, 5.74) is 1.89. The molecule has 0 bridgehead atoms. The smallest absolute Gasteiger partial charge is 0.243 e. The Morgan fingerprint density at radius 2 is 1.72 bits per heavy atom. The zero-order chi connectivity index (χ0) is 20.7. The highest BCUT2D eigenvalue weighted by Crippen LogP contribution is 2.19. The second-order valence-electron chi connectivity index (χ2n) is 7.01. The van der Waals surface area contributed by atoms with Crippen LogP contribution in [0.3, 0.4) is 0 Å². The summed E-state index contributed by atoms with van der Waals surface area (Å²) in [6, 6.07) is 16.8. The molecule has 7 heteroatoms. The van der Waals surface area contributed by atoms with E-state index in [1.165, 1.54) is 22.0 Å². The Kier molecular flexibility index (Phi) is 7.33. The average molecular weight is 415 g/mol. The first-order valence-corrected chi connectivity index (χ1v) is 11.1. The minimum absolute atomic E-state index is 0.217. The van der Waals surface area contributed by atoms with Crippen LogP contribution in [0, 0.1) is 0 Å². The second-order valence-corrected chi connectivity index (χ2v) is 8.95. The Bertz CT molecular complexity index is 950. The Morgan fingerprint density at radius 3 is 2.41 bits per heavy atom. The second kappa shape index (κ2) is 9.93. The van der Waals surface area contributed by atoms with Gasteiger partial charge in [-0.05, 0) is 35.8 Å². The molecule has 154 valence electrons. The number of aliphatic hydroxyl groups is 1. The van der Waals surface area contributed by atoms with Gasteiger partial charge in [-0.25, -0.2) is 8.42 Å². The van der Waals surface area contributed by atoms with Crippen LogP contribution in [-0.2, 0) is 21.2 Å². The highest BCUT2D eigenvalue weighted by Gasteiger charge is 2.28. The van der Waals surface area contributed by atoms with Gasteiger partial charge in [-0.2, -0.15) is 4.31 Å². The van der Waals surface area contributed by atoms with Crippen LogP contribution >= 0.6 is 0 Å². The van der Waals surface area contributed by atoms with Crippen molar-refractivity contribution in [2.24, 2.45) is 0 Å². The van der Waals surface area contributed by atoms with Crippen LogP contribution in [0.5, 0.6) is 0 Å². The summed E-state index contributed by atoms with van der Waals surface area (Å²) >= 11 is 0. The van der Waals surface area contributed by atoms with Crippen LogP contribution in [0.1, 0.15) is 11.1 Å². The molecule has 0 amide bonds. The van der Waals surface area contributed by atoms with Gasteiger partial charge in [0.1, 0.15) is 6.61 Å². The fourth-order valence-corrected chi connectivity index (χ4v) is 4.77. The quantitative estimate of drug-likeness (QED) is 0.667. The van der Waals surface area contributed by atoms with E-state index in [2.05, 4.69) is 17.0 Å². The number of sulfonamides is 1. The third-order valence-electron chi connectivity index (χ3n) is 5.00. The lowest BCUT2D eigenvalue weighted by Gasteiger charge is -2.34. The molecule has 0 atom stereocenters. The number of nitrogens with zero attached hydrogens (tertiary/aromatic N) is 2. The van der Waals surface area contributed by atoms with Crippen LogP contribution in [0.4, 0.5) is 0 Å². The molecule has 2 aromatic carbocycles. The van der Waals surface area contributed by atoms with Crippen molar-refractivity contribution in [1.29, 1.82) is 0 Å². The molecular formula is C22H26N2O4S. The highest BCUT2D eigenvalue weighted by molar-refractivity contribution is 7.89. The van der Waals surface area contributed by atoms with Crippen molar-refractivity contribution in [3.05, 3.63) is 71.8 Å². The minimum Gasteiger partial charge on any atom is -0.388 e. The lowest BCUT2D eigenvalue weighted by molar-refractivity contribution is -0.117. The van der Waals surface area contributed by atoms with E-state index in [4.69, 9.17) is 5.11 Å². The molecule has 0 radical (unpaired) electrons.